The summed E-state index contributed by atoms with van der Waals surface area (Å²) in [6.07, 6.45) is 8.60. The summed E-state index contributed by atoms with van der Waals surface area (Å²) in [5.41, 5.74) is 2.34. The molecule has 2 aromatic rings. The number of rotatable bonds is 3. The number of benzene rings is 1. The van der Waals surface area contributed by atoms with E-state index in [0.717, 1.165) is 23.4 Å². The minimum atomic E-state index is 0.422. The molecule has 3 nitrogen and oxygen atoms in total. The topological polar surface area (TPSA) is 37.8 Å². The zero-order chi connectivity index (χ0) is 13.1. The van der Waals surface area contributed by atoms with Crippen LogP contribution in [0.3, 0.4) is 0 Å². The van der Waals surface area contributed by atoms with Crippen molar-refractivity contribution in [1.29, 1.82) is 0 Å². The minimum Gasteiger partial charge on any atom is -0.368 e. The van der Waals surface area contributed by atoms with Crippen LogP contribution in [0.25, 0.3) is 11.0 Å². The average molecular weight is 255 g/mol. The van der Waals surface area contributed by atoms with Crippen LogP contribution in [0.1, 0.15) is 39.0 Å². The van der Waals surface area contributed by atoms with Crippen molar-refractivity contribution in [1.82, 2.24) is 9.97 Å². The van der Waals surface area contributed by atoms with Gasteiger partial charge >= 0.3 is 0 Å². The molecular weight excluding hydrogens is 234 g/mol. The quantitative estimate of drug-likeness (QED) is 0.900. The van der Waals surface area contributed by atoms with Crippen LogP contribution in [0.4, 0.5) is 5.82 Å². The van der Waals surface area contributed by atoms with Crippen LogP contribution < -0.4 is 5.32 Å². The molecule has 1 heterocycles. The molecule has 0 aliphatic heterocycles. The van der Waals surface area contributed by atoms with Gasteiger partial charge in [-0.1, -0.05) is 38.3 Å². The van der Waals surface area contributed by atoms with E-state index in [1.165, 1.54) is 32.1 Å². The van der Waals surface area contributed by atoms with Gasteiger partial charge < -0.3 is 5.32 Å². The van der Waals surface area contributed by atoms with Gasteiger partial charge in [0.15, 0.2) is 0 Å². The van der Waals surface area contributed by atoms with Crippen LogP contribution in [-0.4, -0.2) is 16.5 Å². The molecule has 0 amide bonds. The molecule has 0 atom stereocenters. The molecule has 1 aromatic carbocycles. The van der Waals surface area contributed by atoms with Crippen LogP contribution in [0.15, 0.2) is 30.5 Å². The van der Waals surface area contributed by atoms with Gasteiger partial charge in [0.1, 0.15) is 5.82 Å². The number of fused-ring (bicyclic) bond motifs is 1. The third-order valence-electron chi connectivity index (χ3n) is 4.21. The summed E-state index contributed by atoms with van der Waals surface area (Å²) in [4.78, 5) is 9.06. The van der Waals surface area contributed by atoms with E-state index in [1.54, 1.807) is 0 Å². The molecule has 0 bridgehead atoms. The molecule has 100 valence electrons. The van der Waals surface area contributed by atoms with Crippen molar-refractivity contribution in [3.05, 3.63) is 30.5 Å². The first kappa shape index (κ1) is 12.4. The Labute approximate surface area is 114 Å². The monoisotopic (exact) mass is 255 g/mol. The standard InChI is InChI=1S/C16H21N3/c1-16(9-5-2-6-10-16)12-18-15-11-17-13-7-3-4-8-14(13)19-15/h3-4,7-8,11H,2,5-6,9-10,12H2,1H3,(H,18,19). The zero-order valence-corrected chi connectivity index (χ0v) is 11.5. The Morgan fingerprint density at radius 3 is 2.63 bits per heavy atom. The summed E-state index contributed by atoms with van der Waals surface area (Å²) < 4.78 is 0. The first-order chi connectivity index (χ1) is 9.25. The minimum absolute atomic E-state index is 0.422. The first-order valence-corrected chi connectivity index (χ1v) is 7.21. The van der Waals surface area contributed by atoms with Crippen molar-refractivity contribution in [2.24, 2.45) is 5.41 Å². The Morgan fingerprint density at radius 1 is 1.11 bits per heavy atom. The Balaban J connectivity index is 1.71. The van der Waals surface area contributed by atoms with Crippen molar-refractivity contribution in [3.8, 4) is 0 Å². The molecule has 0 radical (unpaired) electrons. The summed E-state index contributed by atoms with van der Waals surface area (Å²) in [5, 5.41) is 3.47. The molecule has 1 aromatic heterocycles. The van der Waals surface area contributed by atoms with Gasteiger partial charge in [-0.2, -0.15) is 0 Å². The number of nitrogens with one attached hydrogen (secondary N) is 1. The first-order valence-electron chi connectivity index (χ1n) is 7.21. The van der Waals surface area contributed by atoms with Gasteiger partial charge in [0.2, 0.25) is 0 Å². The Morgan fingerprint density at radius 2 is 1.84 bits per heavy atom. The second-order valence-corrected chi connectivity index (χ2v) is 5.97. The van der Waals surface area contributed by atoms with Crippen molar-refractivity contribution >= 4 is 16.9 Å². The molecule has 1 aliphatic rings. The molecule has 1 N–H and O–H groups in total. The summed E-state index contributed by atoms with van der Waals surface area (Å²) in [5.74, 6) is 0.894. The molecule has 0 saturated heterocycles. The highest BCUT2D eigenvalue weighted by Gasteiger charge is 2.26. The fourth-order valence-corrected chi connectivity index (χ4v) is 2.93. The lowest BCUT2D eigenvalue weighted by atomic mass is 9.76. The molecule has 3 heteroatoms. The van der Waals surface area contributed by atoms with Crippen molar-refractivity contribution in [3.63, 3.8) is 0 Å². The predicted octanol–water partition coefficient (Wildman–Crippen LogP) is 4.01. The number of hydrogen-bond donors (Lipinski definition) is 1. The van der Waals surface area contributed by atoms with Crippen LogP contribution in [0, 0.1) is 5.41 Å². The van der Waals surface area contributed by atoms with Gasteiger partial charge in [0, 0.05) is 6.54 Å². The molecule has 19 heavy (non-hydrogen) atoms. The highest BCUT2D eigenvalue weighted by molar-refractivity contribution is 5.75. The largest absolute Gasteiger partial charge is 0.368 e. The summed E-state index contributed by atoms with van der Waals surface area (Å²) in [6, 6.07) is 8.00. The lowest BCUT2D eigenvalue weighted by Crippen LogP contribution is -2.29. The molecule has 3 rings (SSSR count). The number of nitrogens with zero attached hydrogens (tertiary/aromatic N) is 2. The Kier molecular flexibility index (Phi) is 3.36. The third-order valence-corrected chi connectivity index (χ3v) is 4.21. The number of anilines is 1. The van der Waals surface area contributed by atoms with Gasteiger partial charge in [0.05, 0.1) is 17.2 Å². The van der Waals surface area contributed by atoms with Crippen LogP contribution >= 0.6 is 0 Å². The Bertz CT molecular complexity index is 559. The molecule has 0 spiro atoms. The maximum atomic E-state index is 4.62. The zero-order valence-electron chi connectivity index (χ0n) is 11.5. The molecule has 1 fully saturated rings. The SMILES string of the molecule is CC1(CNc2cnc3ccccc3n2)CCCCC1. The van der Waals surface area contributed by atoms with E-state index in [2.05, 4.69) is 22.2 Å². The van der Waals surface area contributed by atoms with E-state index >= 15 is 0 Å². The van der Waals surface area contributed by atoms with Gasteiger partial charge in [-0.25, -0.2) is 4.98 Å². The van der Waals surface area contributed by atoms with E-state index in [-0.39, 0.29) is 0 Å². The van der Waals surface area contributed by atoms with E-state index in [0.29, 0.717) is 5.41 Å². The maximum absolute atomic E-state index is 4.62. The lowest BCUT2D eigenvalue weighted by molar-refractivity contribution is 0.233. The van der Waals surface area contributed by atoms with E-state index in [1.807, 2.05) is 30.5 Å². The fourth-order valence-electron chi connectivity index (χ4n) is 2.93. The van der Waals surface area contributed by atoms with Crippen molar-refractivity contribution < 1.29 is 0 Å². The third kappa shape index (κ3) is 2.86. The smallest absolute Gasteiger partial charge is 0.145 e. The van der Waals surface area contributed by atoms with Gasteiger partial charge in [-0.3, -0.25) is 4.98 Å². The van der Waals surface area contributed by atoms with E-state index in [9.17, 15) is 0 Å². The summed E-state index contributed by atoms with van der Waals surface area (Å²) in [7, 11) is 0. The normalized spacial score (nSPS) is 18.4. The van der Waals surface area contributed by atoms with Crippen molar-refractivity contribution in [2.45, 2.75) is 39.0 Å². The molecule has 0 unspecified atom stereocenters. The Hall–Kier alpha value is -1.64. The highest BCUT2D eigenvalue weighted by atomic mass is 15.0. The predicted molar refractivity (Wildman–Crippen MR) is 79.2 cm³/mol. The van der Waals surface area contributed by atoms with Crippen LogP contribution in [0.5, 0.6) is 0 Å². The van der Waals surface area contributed by atoms with Gasteiger partial charge in [-0.15, -0.1) is 0 Å². The number of para-hydroxylation sites is 2. The van der Waals surface area contributed by atoms with E-state index < -0.39 is 0 Å². The van der Waals surface area contributed by atoms with E-state index in [4.69, 9.17) is 0 Å². The number of hydrogen-bond acceptors (Lipinski definition) is 3. The summed E-state index contributed by atoms with van der Waals surface area (Å²) >= 11 is 0. The second kappa shape index (κ2) is 5.16. The van der Waals surface area contributed by atoms with Crippen molar-refractivity contribution in [2.75, 3.05) is 11.9 Å². The molecular formula is C16H21N3. The van der Waals surface area contributed by atoms with Crippen LogP contribution in [0.2, 0.25) is 0 Å². The molecule has 1 saturated carbocycles. The highest BCUT2D eigenvalue weighted by Crippen LogP contribution is 2.35. The van der Waals surface area contributed by atoms with Crippen LogP contribution in [-0.2, 0) is 0 Å². The molecule has 1 aliphatic carbocycles. The summed E-state index contributed by atoms with van der Waals surface area (Å²) in [6.45, 7) is 3.38. The average Bonchev–Trinajstić information content (AvgIpc) is 2.46. The van der Waals surface area contributed by atoms with Gasteiger partial charge in [-0.05, 0) is 30.4 Å². The number of aromatic nitrogens is 2. The van der Waals surface area contributed by atoms with Gasteiger partial charge in [0.25, 0.3) is 0 Å². The maximum Gasteiger partial charge on any atom is 0.145 e. The fraction of sp³-hybridized carbons (Fsp3) is 0.500. The second-order valence-electron chi connectivity index (χ2n) is 5.97. The lowest BCUT2D eigenvalue weighted by Gasteiger charge is -2.33.